The molecule has 1 atom stereocenters. The minimum Gasteiger partial charge on any atom is -0.350 e. The second kappa shape index (κ2) is 9.18. The Morgan fingerprint density at radius 3 is 2.12 bits per heavy atom. The largest absolute Gasteiger partial charge is 0.350 e. The van der Waals surface area contributed by atoms with E-state index < -0.39 is 6.04 Å². The van der Waals surface area contributed by atoms with Gasteiger partial charge in [-0.2, -0.15) is 0 Å². The fourth-order valence-electron chi connectivity index (χ4n) is 2.70. The lowest BCUT2D eigenvalue weighted by molar-refractivity contribution is -0.143. The number of carbonyl (C=O) groups is 2. The first-order valence-corrected chi connectivity index (χ1v) is 9.06. The van der Waals surface area contributed by atoms with Crippen LogP contribution in [0.4, 0.5) is 0 Å². The first-order chi connectivity index (χ1) is 12.4. The monoisotopic (exact) mass is 352 g/mol. The summed E-state index contributed by atoms with van der Waals surface area (Å²) in [5, 5.41) is 2.95. The van der Waals surface area contributed by atoms with Crippen LogP contribution in [0.2, 0.25) is 0 Å². The van der Waals surface area contributed by atoms with Crippen molar-refractivity contribution >= 4 is 11.8 Å². The molecule has 4 nitrogen and oxygen atoms in total. The molecule has 2 amide bonds. The molecule has 0 aliphatic carbocycles. The molecule has 4 heteroatoms. The second-order valence-electron chi connectivity index (χ2n) is 6.99. The molecule has 0 aliphatic heterocycles. The van der Waals surface area contributed by atoms with E-state index in [1.54, 1.807) is 11.8 Å². The van der Waals surface area contributed by atoms with E-state index in [9.17, 15) is 9.59 Å². The highest BCUT2D eigenvalue weighted by atomic mass is 16.2. The molecular formula is C22H28N2O2. The predicted octanol–water partition coefficient (Wildman–Crippen LogP) is 3.68. The number of nitrogens with one attached hydrogen (secondary N) is 1. The Morgan fingerprint density at radius 1 is 0.923 bits per heavy atom. The smallest absolute Gasteiger partial charge is 0.242 e. The van der Waals surface area contributed by atoms with E-state index in [-0.39, 0.29) is 17.7 Å². The van der Waals surface area contributed by atoms with Crippen molar-refractivity contribution in [2.75, 3.05) is 0 Å². The van der Waals surface area contributed by atoms with Crippen molar-refractivity contribution in [3.8, 4) is 0 Å². The van der Waals surface area contributed by atoms with Gasteiger partial charge in [0.1, 0.15) is 6.04 Å². The Kier molecular flexibility index (Phi) is 6.96. The van der Waals surface area contributed by atoms with Crippen molar-refractivity contribution in [2.24, 2.45) is 5.92 Å². The third-order valence-corrected chi connectivity index (χ3v) is 4.41. The van der Waals surface area contributed by atoms with Gasteiger partial charge in [-0.25, -0.2) is 0 Å². The first kappa shape index (κ1) is 19.7. The lowest BCUT2D eigenvalue weighted by Crippen LogP contribution is -2.48. The molecule has 2 rings (SSSR count). The number of carbonyl (C=O) groups excluding carboxylic acids is 2. The Labute approximate surface area is 156 Å². The summed E-state index contributed by atoms with van der Waals surface area (Å²) in [4.78, 5) is 26.9. The van der Waals surface area contributed by atoms with Crippen LogP contribution in [0.3, 0.4) is 0 Å². The number of hydrogen-bond acceptors (Lipinski definition) is 2. The van der Waals surface area contributed by atoms with E-state index in [4.69, 9.17) is 0 Å². The van der Waals surface area contributed by atoms with E-state index in [0.717, 1.165) is 11.1 Å². The highest BCUT2D eigenvalue weighted by Gasteiger charge is 2.27. The zero-order valence-corrected chi connectivity index (χ0v) is 16.0. The molecule has 0 heterocycles. The van der Waals surface area contributed by atoms with Crippen LogP contribution in [0.1, 0.15) is 37.5 Å². The third-order valence-electron chi connectivity index (χ3n) is 4.41. The summed E-state index contributed by atoms with van der Waals surface area (Å²) in [6.45, 7) is 8.42. The summed E-state index contributed by atoms with van der Waals surface area (Å²) in [6, 6.07) is 17.3. The summed E-state index contributed by atoms with van der Waals surface area (Å²) in [5.41, 5.74) is 3.24. The lowest BCUT2D eigenvalue weighted by Gasteiger charge is -2.30. The minimum absolute atomic E-state index is 0.0214. The number of hydrogen-bond donors (Lipinski definition) is 1. The molecule has 0 aromatic heterocycles. The summed E-state index contributed by atoms with van der Waals surface area (Å²) in [6.07, 6.45) is 0. The Hall–Kier alpha value is -2.62. The topological polar surface area (TPSA) is 49.4 Å². The van der Waals surface area contributed by atoms with Crippen molar-refractivity contribution in [3.63, 3.8) is 0 Å². The standard InChI is InChI=1S/C22H28N2O2/c1-16(2)22(26)24(15-20-8-6-5-7-9-20)18(4)21(25)23-14-19-12-10-17(3)11-13-19/h5-13,16,18H,14-15H2,1-4H3,(H,23,25)/t18-/m0/s1. The summed E-state index contributed by atoms with van der Waals surface area (Å²) in [7, 11) is 0. The fourth-order valence-corrected chi connectivity index (χ4v) is 2.70. The first-order valence-electron chi connectivity index (χ1n) is 9.06. The second-order valence-corrected chi connectivity index (χ2v) is 6.99. The van der Waals surface area contributed by atoms with Crippen molar-refractivity contribution in [2.45, 2.75) is 46.8 Å². The number of rotatable bonds is 7. The van der Waals surface area contributed by atoms with Crippen LogP contribution in [-0.4, -0.2) is 22.8 Å². The van der Waals surface area contributed by atoms with Gasteiger partial charge in [0.15, 0.2) is 0 Å². The van der Waals surface area contributed by atoms with E-state index in [2.05, 4.69) is 5.32 Å². The Morgan fingerprint density at radius 2 is 1.54 bits per heavy atom. The maximum absolute atomic E-state index is 12.7. The Bertz CT molecular complexity index is 724. The van der Waals surface area contributed by atoms with E-state index in [1.807, 2.05) is 75.4 Å². The predicted molar refractivity (Wildman–Crippen MR) is 104 cm³/mol. The molecule has 2 aromatic carbocycles. The van der Waals surface area contributed by atoms with Gasteiger partial charge in [-0.3, -0.25) is 9.59 Å². The number of nitrogens with zero attached hydrogens (tertiary/aromatic N) is 1. The van der Waals surface area contributed by atoms with Crippen molar-refractivity contribution in [1.82, 2.24) is 10.2 Å². The van der Waals surface area contributed by atoms with Gasteiger partial charge in [0.25, 0.3) is 0 Å². The maximum atomic E-state index is 12.7. The molecule has 0 bridgehead atoms. The van der Waals surface area contributed by atoms with Crippen LogP contribution in [-0.2, 0) is 22.7 Å². The fraction of sp³-hybridized carbons (Fsp3) is 0.364. The number of aryl methyl sites for hydroxylation is 1. The van der Waals surface area contributed by atoms with Gasteiger partial charge in [-0.1, -0.05) is 74.0 Å². The van der Waals surface area contributed by atoms with Gasteiger partial charge in [-0.15, -0.1) is 0 Å². The van der Waals surface area contributed by atoms with Gasteiger partial charge in [0.05, 0.1) is 0 Å². The van der Waals surface area contributed by atoms with Gasteiger partial charge in [0, 0.05) is 19.0 Å². The van der Waals surface area contributed by atoms with Crippen LogP contribution in [0.5, 0.6) is 0 Å². The molecule has 0 radical (unpaired) electrons. The van der Waals surface area contributed by atoms with Gasteiger partial charge >= 0.3 is 0 Å². The normalized spacial score (nSPS) is 11.9. The molecular weight excluding hydrogens is 324 g/mol. The van der Waals surface area contributed by atoms with Gasteiger partial charge in [0.2, 0.25) is 11.8 Å². The SMILES string of the molecule is Cc1ccc(CNC(=O)[C@H](C)N(Cc2ccccc2)C(=O)C(C)C)cc1. The van der Waals surface area contributed by atoms with Crippen molar-refractivity contribution in [1.29, 1.82) is 0 Å². The zero-order chi connectivity index (χ0) is 19.1. The molecule has 0 fully saturated rings. The molecule has 0 spiro atoms. The number of amides is 2. The highest BCUT2D eigenvalue weighted by Crippen LogP contribution is 2.13. The molecule has 0 unspecified atom stereocenters. The minimum atomic E-state index is -0.532. The van der Waals surface area contributed by atoms with Crippen LogP contribution in [0, 0.1) is 12.8 Å². The third kappa shape index (κ3) is 5.45. The quantitative estimate of drug-likeness (QED) is 0.826. The van der Waals surface area contributed by atoms with Crippen LogP contribution in [0.15, 0.2) is 54.6 Å². The van der Waals surface area contributed by atoms with Gasteiger partial charge in [-0.05, 0) is 25.0 Å². The molecule has 0 saturated carbocycles. The van der Waals surface area contributed by atoms with Crippen LogP contribution < -0.4 is 5.32 Å². The molecule has 26 heavy (non-hydrogen) atoms. The van der Waals surface area contributed by atoms with Crippen LogP contribution in [0.25, 0.3) is 0 Å². The molecule has 2 aromatic rings. The molecule has 0 aliphatic rings. The molecule has 138 valence electrons. The lowest BCUT2D eigenvalue weighted by atomic mass is 10.1. The number of benzene rings is 2. The highest BCUT2D eigenvalue weighted by molar-refractivity contribution is 5.88. The van der Waals surface area contributed by atoms with E-state index >= 15 is 0 Å². The maximum Gasteiger partial charge on any atom is 0.242 e. The van der Waals surface area contributed by atoms with Crippen molar-refractivity contribution < 1.29 is 9.59 Å². The van der Waals surface area contributed by atoms with Crippen LogP contribution >= 0.6 is 0 Å². The molecule has 1 N–H and O–H groups in total. The Balaban J connectivity index is 2.06. The van der Waals surface area contributed by atoms with E-state index in [0.29, 0.717) is 13.1 Å². The van der Waals surface area contributed by atoms with E-state index in [1.165, 1.54) is 5.56 Å². The van der Waals surface area contributed by atoms with Crippen molar-refractivity contribution in [3.05, 3.63) is 71.3 Å². The summed E-state index contributed by atoms with van der Waals surface area (Å²) in [5.74, 6) is -0.326. The average molecular weight is 352 g/mol. The molecule has 0 saturated heterocycles. The average Bonchev–Trinajstić information content (AvgIpc) is 2.65. The van der Waals surface area contributed by atoms with Gasteiger partial charge < -0.3 is 10.2 Å². The summed E-state index contributed by atoms with van der Waals surface area (Å²) < 4.78 is 0. The summed E-state index contributed by atoms with van der Waals surface area (Å²) >= 11 is 0. The zero-order valence-electron chi connectivity index (χ0n) is 16.0.